The highest BCUT2D eigenvalue weighted by molar-refractivity contribution is 14.1. The zero-order valence-electron chi connectivity index (χ0n) is 10.0. The molecule has 0 saturated heterocycles. The monoisotopic (exact) mass is 450 g/mol. The molecule has 5 heteroatoms. The van der Waals surface area contributed by atoms with Crippen molar-refractivity contribution < 1.29 is 0 Å². The summed E-state index contributed by atoms with van der Waals surface area (Å²) in [4.78, 5) is 0. The van der Waals surface area contributed by atoms with Crippen molar-refractivity contribution in [3.8, 4) is 0 Å². The number of nitrogens with one attached hydrogen (secondary N) is 1. The maximum absolute atomic E-state index is 5.90. The third-order valence-electron chi connectivity index (χ3n) is 2.89. The first kappa shape index (κ1) is 15.3. The highest BCUT2D eigenvalue weighted by Crippen LogP contribution is 2.26. The highest BCUT2D eigenvalue weighted by atomic mass is 127. The molecule has 0 heterocycles. The molecule has 0 aliphatic rings. The Morgan fingerprint density at radius 1 is 1.21 bits per heavy atom. The molecule has 0 spiro atoms. The molecule has 1 atom stereocenters. The van der Waals surface area contributed by atoms with Gasteiger partial charge in [-0.2, -0.15) is 0 Å². The van der Waals surface area contributed by atoms with E-state index in [1.165, 1.54) is 14.7 Å². The first-order chi connectivity index (χ1) is 9.10. The molecule has 0 aromatic heterocycles. The number of benzene rings is 2. The summed E-state index contributed by atoms with van der Waals surface area (Å²) in [6.07, 6.45) is 0.820. The normalized spacial score (nSPS) is 12.4. The Labute approximate surface area is 140 Å². The first-order valence-corrected chi connectivity index (χ1v) is 8.00. The van der Waals surface area contributed by atoms with Gasteiger partial charge in [-0.1, -0.05) is 39.7 Å². The molecule has 2 nitrogen and oxygen atoms in total. The van der Waals surface area contributed by atoms with E-state index in [1.54, 1.807) is 0 Å². The van der Waals surface area contributed by atoms with Crippen LogP contribution in [0.3, 0.4) is 0 Å². The third-order valence-corrected chi connectivity index (χ3v) is 4.62. The molecule has 0 saturated carbocycles. The van der Waals surface area contributed by atoms with E-state index in [1.807, 2.05) is 30.3 Å². The molecule has 19 heavy (non-hydrogen) atoms. The number of hydrogen-bond donors (Lipinski definition) is 2. The molecule has 100 valence electrons. The Kier molecular flexibility index (Phi) is 5.65. The Morgan fingerprint density at radius 2 is 1.89 bits per heavy atom. The van der Waals surface area contributed by atoms with Crippen molar-refractivity contribution in [3.05, 3.63) is 66.7 Å². The van der Waals surface area contributed by atoms with Gasteiger partial charge in [0.1, 0.15) is 0 Å². The lowest BCUT2D eigenvalue weighted by molar-refractivity contribution is 0.549. The highest BCUT2D eigenvalue weighted by Gasteiger charge is 2.14. The van der Waals surface area contributed by atoms with Crippen LogP contribution < -0.4 is 11.3 Å². The Balaban J connectivity index is 2.24. The predicted molar refractivity (Wildman–Crippen MR) is 92.1 cm³/mol. The van der Waals surface area contributed by atoms with E-state index in [2.05, 4.69) is 56.1 Å². The van der Waals surface area contributed by atoms with Crippen molar-refractivity contribution in [1.82, 2.24) is 5.43 Å². The molecule has 2 rings (SSSR count). The number of halogens is 3. The van der Waals surface area contributed by atoms with Gasteiger partial charge in [-0.05, 0) is 70.5 Å². The van der Waals surface area contributed by atoms with Crippen molar-refractivity contribution in [3.63, 3.8) is 0 Å². The smallest absolute Gasteiger partial charge is 0.0511 e. The molecule has 0 radical (unpaired) electrons. The van der Waals surface area contributed by atoms with Gasteiger partial charge in [0.15, 0.2) is 0 Å². The van der Waals surface area contributed by atoms with Crippen LogP contribution in [-0.2, 0) is 6.42 Å². The summed E-state index contributed by atoms with van der Waals surface area (Å²) >= 11 is 11.7. The van der Waals surface area contributed by atoms with E-state index in [0.29, 0.717) is 0 Å². The largest absolute Gasteiger partial charge is 0.271 e. The number of rotatable bonds is 4. The SMILES string of the molecule is NNC(Cc1ccc(Cl)cc1)c1cc(Br)ccc1I. The average molecular weight is 452 g/mol. The maximum atomic E-state index is 5.90. The van der Waals surface area contributed by atoms with E-state index in [9.17, 15) is 0 Å². The fraction of sp³-hybridized carbons (Fsp3) is 0.143. The minimum absolute atomic E-state index is 0.0746. The van der Waals surface area contributed by atoms with Gasteiger partial charge in [0, 0.05) is 13.1 Å². The average Bonchev–Trinajstić information content (AvgIpc) is 2.41. The fourth-order valence-electron chi connectivity index (χ4n) is 1.90. The van der Waals surface area contributed by atoms with Gasteiger partial charge in [0.25, 0.3) is 0 Å². The van der Waals surface area contributed by atoms with E-state index in [0.717, 1.165) is 15.9 Å². The standard InChI is InChI=1S/C14H13BrClIN2/c15-10-3-6-13(17)12(8-10)14(19-18)7-9-1-4-11(16)5-2-9/h1-6,8,14,19H,7,18H2. The first-order valence-electron chi connectivity index (χ1n) is 5.75. The van der Waals surface area contributed by atoms with Crippen molar-refractivity contribution in [1.29, 1.82) is 0 Å². The Morgan fingerprint density at radius 3 is 2.53 bits per heavy atom. The van der Waals surface area contributed by atoms with Crippen LogP contribution in [0.1, 0.15) is 17.2 Å². The van der Waals surface area contributed by atoms with Gasteiger partial charge in [0.2, 0.25) is 0 Å². The minimum atomic E-state index is 0.0746. The van der Waals surface area contributed by atoms with Crippen molar-refractivity contribution in [2.24, 2.45) is 5.84 Å². The van der Waals surface area contributed by atoms with Crippen LogP contribution in [0.5, 0.6) is 0 Å². The maximum Gasteiger partial charge on any atom is 0.0511 e. The second kappa shape index (κ2) is 7.04. The van der Waals surface area contributed by atoms with E-state index in [-0.39, 0.29) is 6.04 Å². The lowest BCUT2D eigenvalue weighted by Crippen LogP contribution is -2.30. The lowest BCUT2D eigenvalue weighted by atomic mass is 9.99. The zero-order chi connectivity index (χ0) is 13.8. The molecule has 0 bridgehead atoms. The molecule has 2 aromatic carbocycles. The summed E-state index contributed by atoms with van der Waals surface area (Å²) in [5, 5.41) is 0.748. The molecular formula is C14H13BrClIN2. The minimum Gasteiger partial charge on any atom is -0.271 e. The summed E-state index contributed by atoms with van der Waals surface area (Å²) in [6.45, 7) is 0. The van der Waals surface area contributed by atoms with Crippen LogP contribution in [0.15, 0.2) is 46.9 Å². The van der Waals surface area contributed by atoms with Gasteiger partial charge in [-0.3, -0.25) is 11.3 Å². The molecular weight excluding hydrogens is 438 g/mol. The molecule has 0 aliphatic carbocycles. The summed E-state index contributed by atoms with van der Waals surface area (Å²) in [5.74, 6) is 5.71. The van der Waals surface area contributed by atoms with Crippen LogP contribution in [0, 0.1) is 3.57 Å². The van der Waals surface area contributed by atoms with Gasteiger partial charge in [0.05, 0.1) is 6.04 Å². The van der Waals surface area contributed by atoms with Crippen LogP contribution in [0.25, 0.3) is 0 Å². The molecule has 3 N–H and O–H groups in total. The molecule has 2 aromatic rings. The van der Waals surface area contributed by atoms with E-state index >= 15 is 0 Å². The molecule has 0 amide bonds. The Bertz CT molecular complexity index is 560. The third kappa shape index (κ3) is 4.16. The van der Waals surface area contributed by atoms with Gasteiger partial charge < -0.3 is 0 Å². The molecule has 1 unspecified atom stereocenters. The van der Waals surface area contributed by atoms with Crippen LogP contribution >= 0.6 is 50.1 Å². The summed E-state index contributed by atoms with van der Waals surface area (Å²) in [7, 11) is 0. The van der Waals surface area contributed by atoms with Crippen molar-refractivity contribution in [2.45, 2.75) is 12.5 Å². The molecule has 0 aliphatic heterocycles. The Hall–Kier alpha value is -0.140. The second-order valence-electron chi connectivity index (χ2n) is 4.22. The van der Waals surface area contributed by atoms with Crippen molar-refractivity contribution in [2.75, 3.05) is 0 Å². The quantitative estimate of drug-likeness (QED) is 0.409. The zero-order valence-corrected chi connectivity index (χ0v) is 14.5. The lowest BCUT2D eigenvalue weighted by Gasteiger charge is -2.18. The number of nitrogens with two attached hydrogens (primary N) is 1. The van der Waals surface area contributed by atoms with Crippen LogP contribution in [0.4, 0.5) is 0 Å². The predicted octanol–water partition coefficient (Wildman–Crippen LogP) is 4.45. The summed E-state index contributed by atoms with van der Waals surface area (Å²) in [5.41, 5.74) is 5.28. The summed E-state index contributed by atoms with van der Waals surface area (Å²) < 4.78 is 2.25. The van der Waals surface area contributed by atoms with E-state index in [4.69, 9.17) is 17.4 Å². The van der Waals surface area contributed by atoms with Crippen LogP contribution in [0.2, 0.25) is 5.02 Å². The number of hydrogen-bond acceptors (Lipinski definition) is 2. The van der Waals surface area contributed by atoms with Crippen molar-refractivity contribution >= 4 is 50.1 Å². The number of hydrazine groups is 1. The van der Waals surface area contributed by atoms with E-state index < -0.39 is 0 Å². The van der Waals surface area contributed by atoms with Crippen LogP contribution in [-0.4, -0.2) is 0 Å². The van der Waals surface area contributed by atoms with Gasteiger partial charge in [-0.15, -0.1) is 0 Å². The van der Waals surface area contributed by atoms with Gasteiger partial charge in [-0.25, -0.2) is 0 Å². The second-order valence-corrected chi connectivity index (χ2v) is 6.73. The van der Waals surface area contributed by atoms with Gasteiger partial charge >= 0.3 is 0 Å². The topological polar surface area (TPSA) is 38.0 Å². The summed E-state index contributed by atoms with van der Waals surface area (Å²) in [6, 6.07) is 14.1. The molecule has 0 fully saturated rings. The fourth-order valence-corrected chi connectivity index (χ4v) is 3.11.